The first-order chi connectivity index (χ1) is 9.95. The first kappa shape index (κ1) is 16.4. The van der Waals surface area contributed by atoms with Gasteiger partial charge in [0.05, 0.1) is 4.90 Å². The van der Waals surface area contributed by atoms with Gasteiger partial charge in [-0.3, -0.25) is 4.90 Å². The van der Waals surface area contributed by atoms with Crippen molar-refractivity contribution in [2.45, 2.75) is 30.7 Å². The van der Waals surface area contributed by atoms with Gasteiger partial charge in [0.25, 0.3) is 0 Å². The smallest absolute Gasteiger partial charge is 0.241 e. The van der Waals surface area contributed by atoms with Crippen LogP contribution in [0.1, 0.15) is 25.3 Å². The van der Waals surface area contributed by atoms with Crippen LogP contribution in [0.15, 0.2) is 29.2 Å². The van der Waals surface area contributed by atoms with Gasteiger partial charge in [0, 0.05) is 24.7 Å². The molecule has 1 fully saturated rings. The van der Waals surface area contributed by atoms with E-state index < -0.39 is 10.0 Å². The molecule has 0 bridgehead atoms. The van der Waals surface area contributed by atoms with E-state index in [0.29, 0.717) is 18.2 Å². The molecule has 1 saturated carbocycles. The number of sulfonamides is 1. The van der Waals surface area contributed by atoms with Crippen LogP contribution >= 0.6 is 12.2 Å². The number of rotatable bonds is 8. The molecule has 0 heterocycles. The molecule has 5 nitrogen and oxygen atoms in total. The number of hydrogen-bond donors (Lipinski definition) is 2. The number of likely N-dealkylation sites (N-methyl/N-ethyl adjacent to an activating group) is 1. The second-order valence-corrected chi connectivity index (χ2v) is 7.29. The van der Waals surface area contributed by atoms with Crippen molar-refractivity contribution in [3.8, 4) is 0 Å². The minimum absolute atomic E-state index is 0.0872. The topological polar surface area (TPSA) is 75.4 Å². The Labute approximate surface area is 131 Å². The molecule has 0 spiro atoms. The van der Waals surface area contributed by atoms with E-state index in [1.54, 1.807) is 18.2 Å². The third-order valence-corrected chi connectivity index (χ3v) is 5.34. The highest BCUT2D eigenvalue weighted by Crippen LogP contribution is 2.25. The molecule has 0 radical (unpaired) electrons. The van der Waals surface area contributed by atoms with Gasteiger partial charge in [0.1, 0.15) is 4.99 Å². The average Bonchev–Trinajstić information content (AvgIpc) is 3.28. The Hall–Kier alpha value is -1.02. The van der Waals surface area contributed by atoms with E-state index in [9.17, 15) is 8.42 Å². The monoisotopic (exact) mass is 327 g/mol. The van der Waals surface area contributed by atoms with Crippen LogP contribution in [0.5, 0.6) is 0 Å². The molecule has 0 unspecified atom stereocenters. The van der Waals surface area contributed by atoms with Crippen LogP contribution in [0.2, 0.25) is 0 Å². The van der Waals surface area contributed by atoms with Crippen LogP contribution in [-0.4, -0.2) is 44.0 Å². The summed E-state index contributed by atoms with van der Waals surface area (Å²) >= 11 is 4.91. The highest BCUT2D eigenvalue weighted by atomic mass is 32.2. The Morgan fingerprint density at radius 1 is 1.43 bits per heavy atom. The predicted molar refractivity (Wildman–Crippen MR) is 87.8 cm³/mol. The fourth-order valence-electron chi connectivity index (χ4n) is 2.34. The zero-order valence-corrected chi connectivity index (χ0v) is 13.7. The third kappa shape index (κ3) is 4.23. The van der Waals surface area contributed by atoms with E-state index in [1.807, 2.05) is 0 Å². The number of nitrogens with zero attached hydrogens (tertiary/aromatic N) is 1. The largest absolute Gasteiger partial charge is 0.389 e. The second-order valence-electron chi connectivity index (χ2n) is 5.12. The Morgan fingerprint density at radius 2 is 2.10 bits per heavy atom. The highest BCUT2D eigenvalue weighted by Gasteiger charge is 2.27. The van der Waals surface area contributed by atoms with Gasteiger partial charge in [-0.15, -0.1) is 0 Å². The number of hydrogen-bond acceptors (Lipinski definition) is 4. The van der Waals surface area contributed by atoms with E-state index in [0.717, 1.165) is 13.1 Å². The van der Waals surface area contributed by atoms with Crippen LogP contribution in [0, 0.1) is 0 Å². The van der Waals surface area contributed by atoms with Crippen molar-refractivity contribution in [1.82, 2.24) is 9.62 Å². The van der Waals surface area contributed by atoms with Crippen molar-refractivity contribution in [3.05, 3.63) is 29.8 Å². The summed E-state index contributed by atoms with van der Waals surface area (Å²) in [5.41, 5.74) is 5.97. The van der Waals surface area contributed by atoms with Crippen LogP contribution in [0.3, 0.4) is 0 Å². The molecule has 0 aromatic heterocycles. The second kappa shape index (κ2) is 6.83. The van der Waals surface area contributed by atoms with Crippen molar-refractivity contribution in [2.24, 2.45) is 5.73 Å². The lowest BCUT2D eigenvalue weighted by molar-refractivity contribution is 0.282. The molecule has 1 aliphatic carbocycles. The summed E-state index contributed by atoms with van der Waals surface area (Å²) in [7, 11) is -3.59. The van der Waals surface area contributed by atoms with Crippen molar-refractivity contribution >= 4 is 27.2 Å². The normalized spacial score (nSPS) is 15.3. The lowest BCUT2D eigenvalue weighted by Gasteiger charge is -2.20. The van der Waals surface area contributed by atoms with E-state index in [4.69, 9.17) is 18.0 Å². The summed E-state index contributed by atoms with van der Waals surface area (Å²) in [5, 5.41) is 0. The SMILES string of the molecule is CCN(CCNS(=O)(=O)c1ccccc1C(N)=S)C1CC1. The number of thiocarbonyl (C=S) groups is 1. The predicted octanol–water partition coefficient (Wildman–Crippen LogP) is 1.08. The van der Waals surface area contributed by atoms with E-state index in [2.05, 4.69) is 16.5 Å². The fraction of sp³-hybridized carbons (Fsp3) is 0.500. The third-order valence-electron chi connectivity index (χ3n) is 3.60. The minimum atomic E-state index is -3.59. The van der Waals surface area contributed by atoms with Gasteiger partial charge in [-0.2, -0.15) is 0 Å². The number of benzene rings is 1. The fourth-order valence-corrected chi connectivity index (χ4v) is 3.83. The van der Waals surface area contributed by atoms with Gasteiger partial charge in [0.15, 0.2) is 0 Å². The Bertz CT molecular complexity index is 612. The summed E-state index contributed by atoms with van der Waals surface area (Å²) in [6.45, 7) is 4.14. The summed E-state index contributed by atoms with van der Waals surface area (Å²) in [4.78, 5) is 2.53. The summed E-state index contributed by atoms with van der Waals surface area (Å²) < 4.78 is 27.4. The molecule has 0 aliphatic heterocycles. The standard InChI is InChI=1S/C14H21N3O2S2/c1-2-17(11-7-8-11)10-9-16-21(18,19)13-6-4-3-5-12(13)14(15)20/h3-6,11,16H,2,7-10H2,1H3,(H2,15,20). The lowest BCUT2D eigenvalue weighted by atomic mass is 10.2. The minimum Gasteiger partial charge on any atom is -0.389 e. The Balaban J connectivity index is 2.03. The zero-order valence-electron chi connectivity index (χ0n) is 12.1. The van der Waals surface area contributed by atoms with Gasteiger partial charge in [-0.1, -0.05) is 37.3 Å². The van der Waals surface area contributed by atoms with Crippen LogP contribution < -0.4 is 10.5 Å². The molecule has 21 heavy (non-hydrogen) atoms. The van der Waals surface area contributed by atoms with Crippen molar-refractivity contribution in [1.29, 1.82) is 0 Å². The maximum Gasteiger partial charge on any atom is 0.241 e. The molecule has 2 rings (SSSR count). The zero-order chi connectivity index (χ0) is 15.5. The average molecular weight is 327 g/mol. The molecule has 0 amide bonds. The van der Waals surface area contributed by atoms with Gasteiger partial charge < -0.3 is 5.73 Å². The van der Waals surface area contributed by atoms with Gasteiger partial charge in [0.2, 0.25) is 10.0 Å². The van der Waals surface area contributed by atoms with Crippen molar-refractivity contribution in [2.75, 3.05) is 19.6 Å². The molecular formula is C14H21N3O2S2. The lowest BCUT2D eigenvalue weighted by Crippen LogP contribution is -2.36. The van der Waals surface area contributed by atoms with Crippen LogP contribution in [-0.2, 0) is 10.0 Å². The molecule has 7 heteroatoms. The highest BCUT2D eigenvalue weighted by molar-refractivity contribution is 7.89. The van der Waals surface area contributed by atoms with E-state index >= 15 is 0 Å². The van der Waals surface area contributed by atoms with Gasteiger partial charge >= 0.3 is 0 Å². The summed E-state index contributed by atoms with van der Waals surface area (Å²) in [5.74, 6) is 0. The quantitative estimate of drug-likeness (QED) is 0.699. The molecular weight excluding hydrogens is 306 g/mol. The van der Waals surface area contributed by atoms with Crippen molar-refractivity contribution in [3.63, 3.8) is 0 Å². The molecule has 116 valence electrons. The molecule has 1 aliphatic rings. The number of nitrogens with one attached hydrogen (secondary N) is 1. The van der Waals surface area contributed by atoms with Gasteiger partial charge in [-0.05, 0) is 25.5 Å². The van der Waals surface area contributed by atoms with E-state index in [-0.39, 0.29) is 9.88 Å². The summed E-state index contributed by atoms with van der Waals surface area (Å²) in [6, 6.07) is 7.16. The molecule has 0 saturated heterocycles. The van der Waals surface area contributed by atoms with Crippen molar-refractivity contribution < 1.29 is 8.42 Å². The maximum absolute atomic E-state index is 12.4. The Morgan fingerprint density at radius 3 is 2.67 bits per heavy atom. The summed E-state index contributed by atoms with van der Waals surface area (Å²) in [6.07, 6.45) is 2.43. The van der Waals surface area contributed by atoms with Crippen LogP contribution in [0.4, 0.5) is 0 Å². The molecule has 3 N–H and O–H groups in total. The molecule has 1 aromatic rings. The van der Waals surface area contributed by atoms with Crippen LogP contribution in [0.25, 0.3) is 0 Å². The van der Waals surface area contributed by atoms with E-state index in [1.165, 1.54) is 18.9 Å². The first-order valence-corrected chi connectivity index (χ1v) is 8.97. The first-order valence-electron chi connectivity index (χ1n) is 7.08. The Kier molecular flexibility index (Phi) is 5.32. The molecule has 0 atom stereocenters. The number of nitrogens with two attached hydrogens (primary N) is 1. The molecule has 1 aromatic carbocycles. The van der Waals surface area contributed by atoms with Gasteiger partial charge in [-0.25, -0.2) is 13.1 Å². The maximum atomic E-state index is 12.4.